The molecular weight excluding hydrogens is 222 g/mol. The van der Waals surface area contributed by atoms with Crippen molar-refractivity contribution in [1.29, 1.82) is 0 Å². The van der Waals surface area contributed by atoms with E-state index < -0.39 is 0 Å². The van der Waals surface area contributed by atoms with Crippen LogP contribution in [0.1, 0.15) is 39.7 Å². The van der Waals surface area contributed by atoms with Crippen LogP contribution in [0.15, 0.2) is 24.3 Å². The van der Waals surface area contributed by atoms with E-state index in [0.29, 0.717) is 11.5 Å². The zero-order chi connectivity index (χ0) is 13.6. The van der Waals surface area contributed by atoms with Gasteiger partial charge in [0.2, 0.25) is 0 Å². The van der Waals surface area contributed by atoms with Crippen LogP contribution in [0.25, 0.3) is 0 Å². The molecule has 1 aromatic carbocycles. The Bertz CT molecular complexity index is 354. The molecule has 0 aliphatic carbocycles. The summed E-state index contributed by atoms with van der Waals surface area (Å²) < 4.78 is 5.43. The number of hydrogen-bond acceptors (Lipinski definition) is 2. The van der Waals surface area contributed by atoms with Crippen LogP contribution >= 0.6 is 0 Å². The topological polar surface area (TPSA) is 21.3 Å². The summed E-state index contributed by atoms with van der Waals surface area (Å²) in [4.78, 5) is 0. The van der Waals surface area contributed by atoms with E-state index in [9.17, 15) is 0 Å². The lowest BCUT2D eigenvalue weighted by molar-refractivity contribution is 0.307. The molecule has 2 nitrogen and oxygen atoms in total. The fourth-order valence-electron chi connectivity index (χ4n) is 2.38. The molecule has 0 aromatic heterocycles. The molecule has 0 spiro atoms. The molecule has 1 unspecified atom stereocenters. The van der Waals surface area contributed by atoms with Crippen molar-refractivity contribution in [3.63, 3.8) is 0 Å². The summed E-state index contributed by atoms with van der Waals surface area (Å²) in [5, 5.41) is 3.58. The van der Waals surface area contributed by atoms with E-state index in [2.05, 4.69) is 45.1 Å². The minimum atomic E-state index is 0.342. The molecule has 1 aromatic rings. The predicted molar refractivity (Wildman–Crippen MR) is 78.2 cm³/mol. The van der Waals surface area contributed by atoms with Gasteiger partial charge in [-0.15, -0.1) is 0 Å². The predicted octanol–water partition coefficient (Wildman–Crippen LogP) is 3.65. The van der Waals surface area contributed by atoms with Gasteiger partial charge in [0.15, 0.2) is 0 Å². The van der Waals surface area contributed by atoms with Crippen LogP contribution in [-0.2, 0) is 6.42 Å². The Morgan fingerprint density at radius 2 is 1.89 bits per heavy atom. The number of methoxy groups -OCH3 is 1. The van der Waals surface area contributed by atoms with Crippen LogP contribution < -0.4 is 10.1 Å². The van der Waals surface area contributed by atoms with Gasteiger partial charge in [0, 0.05) is 6.04 Å². The highest BCUT2D eigenvalue weighted by molar-refractivity contribution is 5.33. The van der Waals surface area contributed by atoms with Crippen LogP contribution in [-0.4, -0.2) is 19.7 Å². The first-order valence-electron chi connectivity index (χ1n) is 6.81. The van der Waals surface area contributed by atoms with Gasteiger partial charge >= 0.3 is 0 Å². The maximum atomic E-state index is 5.43. The average molecular weight is 249 g/mol. The molecule has 0 saturated carbocycles. The summed E-state index contributed by atoms with van der Waals surface area (Å²) in [5.41, 5.74) is 1.63. The van der Waals surface area contributed by atoms with E-state index in [0.717, 1.165) is 18.7 Å². The molecule has 0 bridgehead atoms. The second kappa shape index (κ2) is 6.79. The molecule has 0 saturated heterocycles. The molecule has 1 rings (SSSR count). The first-order chi connectivity index (χ1) is 8.46. The second-order valence-electron chi connectivity index (χ2n) is 6.04. The Kier molecular flexibility index (Phi) is 5.67. The Hall–Kier alpha value is -1.02. The lowest BCUT2D eigenvalue weighted by Gasteiger charge is -2.27. The summed E-state index contributed by atoms with van der Waals surface area (Å²) in [6.07, 6.45) is 2.19. The smallest absolute Gasteiger partial charge is 0.122 e. The molecule has 0 radical (unpaired) electrons. The van der Waals surface area contributed by atoms with Gasteiger partial charge in [-0.1, -0.05) is 45.9 Å². The van der Waals surface area contributed by atoms with Crippen LogP contribution in [0.2, 0.25) is 0 Å². The minimum absolute atomic E-state index is 0.342. The molecule has 1 atom stereocenters. The van der Waals surface area contributed by atoms with Gasteiger partial charge in [-0.25, -0.2) is 0 Å². The third-order valence-corrected chi connectivity index (χ3v) is 3.01. The van der Waals surface area contributed by atoms with Gasteiger partial charge in [0.25, 0.3) is 0 Å². The Morgan fingerprint density at radius 3 is 2.44 bits per heavy atom. The number of likely N-dealkylation sites (N-methyl/N-ethyl adjacent to an activating group) is 1. The highest BCUT2D eigenvalue weighted by Gasteiger charge is 2.19. The molecule has 2 heteroatoms. The van der Waals surface area contributed by atoms with E-state index >= 15 is 0 Å². The van der Waals surface area contributed by atoms with Gasteiger partial charge in [0.05, 0.1) is 7.11 Å². The van der Waals surface area contributed by atoms with Gasteiger partial charge in [-0.2, -0.15) is 0 Å². The molecule has 0 heterocycles. The van der Waals surface area contributed by atoms with Crippen LogP contribution in [0, 0.1) is 5.41 Å². The number of para-hydroxylation sites is 1. The summed E-state index contributed by atoms with van der Waals surface area (Å²) in [5.74, 6) is 0.995. The van der Waals surface area contributed by atoms with E-state index in [1.807, 2.05) is 12.1 Å². The summed E-state index contributed by atoms with van der Waals surface area (Å²) >= 11 is 0. The van der Waals surface area contributed by atoms with Gasteiger partial charge in [-0.3, -0.25) is 0 Å². The van der Waals surface area contributed by atoms with E-state index in [-0.39, 0.29) is 0 Å². The number of nitrogens with one attached hydrogen (secondary N) is 1. The SMILES string of the molecule is CCNC(Cc1ccccc1OC)CC(C)(C)C. The lowest BCUT2D eigenvalue weighted by atomic mass is 9.85. The molecule has 102 valence electrons. The fraction of sp³-hybridized carbons (Fsp3) is 0.625. The monoisotopic (exact) mass is 249 g/mol. The maximum Gasteiger partial charge on any atom is 0.122 e. The van der Waals surface area contributed by atoms with Gasteiger partial charge in [-0.05, 0) is 36.4 Å². The Morgan fingerprint density at radius 1 is 1.22 bits per heavy atom. The van der Waals surface area contributed by atoms with Crippen LogP contribution in [0.5, 0.6) is 5.75 Å². The van der Waals surface area contributed by atoms with Crippen molar-refractivity contribution in [2.24, 2.45) is 5.41 Å². The van der Waals surface area contributed by atoms with E-state index in [4.69, 9.17) is 4.74 Å². The number of ether oxygens (including phenoxy) is 1. The minimum Gasteiger partial charge on any atom is -0.496 e. The van der Waals surface area contributed by atoms with Crippen molar-refractivity contribution >= 4 is 0 Å². The van der Waals surface area contributed by atoms with Gasteiger partial charge < -0.3 is 10.1 Å². The van der Waals surface area contributed by atoms with E-state index in [1.54, 1.807) is 7.11 Å². The molecule has 0 fully saturated rings. The van der Waals surface area contributed by atoms with Crippen molar-refractivity contribution in [1.82, 2.24) is 5.32 Å². The normalized spacial score (nSPS) is 13.4. The largest absolute Gasteiger partial charge is 0.496 e. The number of rotatable bonds is 6. The number of benzene rings is 1. The molecule has 0 amide bonds. The lowest BCUT2D eigenvalue weighted by Crippen LogP contribution is -2.34. The standard InChI is InChI=1S/C16H27NO/c1-6-17-14(12-16(2,3)4)11-13-9-7-8-10-15(13)18-5/h7-10,14,17H,6,11-12H2,1-5H3. The Labute approximate surface area is 112 Å². The summed E-state index contributed by atoms with van der Waals surface area (Å²) in [7, 11) is 1.74. The molecule has 0 aliphatic rings. The van der Waals surface area contributed by atoms with Gasteiger partial charge in [0.1, 0.15) is 5.75 Å². The quantitative estimate of drug-likeness (QED) is 0.831. The maximum absolute atomic E-state index is 5.43. The third-order valence-electron chi connectivity index (χ3n) is 3.01. The van der Waals surface area contributed by atoms with Crippen molar-refractivity contribution < 1.29 is 4.74 Å². The van der Waals surface area contributed by atoms with Crippen molar-refractivity contribution in [3.05, 3.63) is 29.8 Å². The van der Waals surface area contributed by atoms with Crippen molar-refractivity contribution in [3.8, 4) is 5.75 Å². The first kappa shape index (κ1) is 15.0. The zero-order valence-electron chi connectivity index (χ0n) is 12.4. The fourth-order valence-corrected chi connectivity index (χ4v) is 2.38. The number of hydrogen-bond donors (Lipinski definition) is 1. The van der Waals surface area contributed by atoms with E-state index in [1.165, 1.54) is 12.0 Å². The molecule has 0 aliphatic heterocycles. The molecule has 18 heavy (non-hydrogen) atoms. The van der Waals surface area contributed by atoms with Crippen molar-refractivity contribution in [2.75, 3.05) is 13.7 Å². The Balaban J connectivity index is 2.76. The first-order valence-corrected chi connectivity index (χ1v) is 6.81. The summed E-state index contributed by atoms with van der Waals surface area (Å²) in [6, 6.07) is 8.80. The highest BCUT2D eigenvalue weighted by atomic mass is 16.5. The third kappa shape index (κ3) is 5.09. The second-order valence-corrected chi connectivity index (χ2v) is 6.04. The summed E-state index contributed by atoms with van der Waals surface area (Å²) in [6.45, 7) is 10.0. The molecule has 1 N–H and O–H groups in total. The molecular formula is C16H27NO. The van der Waals surface area contributed by atoms with Crippen LogP contribution in [0.4, 0.5) is 0 Å². The van der Waals surface area contributed by atoms with Crippen molar-refractivity contribution in [2.45, 2.75) is 46.6 Å². The van der Waals surface area contributed by atoms with Crippen LogP contribution in [0.3, 0.4) is 0 Å². The zero-order valence-corrected chi connectivity index (χ0v) is 12.4. The highest BCUT2D eigenvalue weighted by Crippen LogP contribution is 2.25. The average Bonchev–Trinajstić information content (AvgIpc) is 2.28.